The van der Waals surface area contributed by atoms with E-state index in [0.29, 0.717) is 11.3 Å². The number of benzene rings is 3. The second-order valence-electron chi connectivity index (χ2n) is 7.13. The van der Waals surface area contributed by atoms with Crippen LogP contribution in [0.5, 0.6) is 0 Å². The lowest BCUT2D eigenvalue weighted by atomic mass is 10.1. The van der Waals surface area contributed by atoms with Crippen LogP contribution < -0.4 is 9.62 Å². The van der Waals surface area contributed by atoms with E-state index in [1.54, 1.807) is 18.2 Å². The molecule has 7 heteroatoms. The highest BCUT2D eigenvalue weighted by atomic mass is 32.2. The quantitative estimate of drug-likeness (QED) is 0.610. The van der Waals surface area contributed by atoms with Gasteiger partial charge in [-0.25, -0.2) is 12.8 Å². The topological polar surface area (TPSA) is 66.5 Å². The van der Waals surface area contributed by atoms with Crippen molar-refractivity contribution in [2.24, 2.45) is 0 Å². The van der Waals surface area contributed by atoms with Crippen LogP contribution in [0, 0.1) is 5.82 Å². The molecule has 30 heavy (non-hydrogen) atoms. The van der Waals surface area contributed by atoms with Gasteiger partial charge in [-0.3, -0.25) is 9.10 Å². The third kappa shape index (κ3) is 5.04. The van der Waals surface area contributed by atoms with E-state index in [2.05, 4.69) is 5.32 Å². The molecule has 3 rings (SSSR count). The summed E-state index contributed by atoms with van der Waals surface area (Å²) in [6.07, 6.45) is 0. The molecule has 3 aromatic rings. The van der Waals surface area contributed by atoms with E-state index < -0.39 is 15.8 Å². The van der Waals surface area contributed by atoms with Crippen LogP contribution >= 0.6 is 0 Å². The molecule has 0 spiro atoms. The first-order valence-electron chi connectivity index (χ1n) is 9.50. The summed E-state index contributed by atoms with van der Waals surface area (Å²) in [6.45, 7) is 3.73. The minimum atomic E-state index is -4.08. The zero-order valence-electron chi connectivity index (χ0n) is 16.7. The molecule has 0 atom stereocenters. The fourth-order valence-electron chi connectivity index (χ4n) is 2.97. The summed E-state index contributed by atoms with van der Waals surface area (Å²) in [5, 5.41) is 2.80. The maximum absolute atomic E-state index is 13.7. The number of halogens is 1. The van der Waals surface area contributed by atoms with Gasteiger partial charge in [0.05, 0.1) is 17.1 Å². The van der Waals surface area contributed by atoms with E-state index in [4.69, 9.17) is 0 Å². The Kier molecular flexibility index (Phi) is 6.52. The number of carbonyl (C=O) groups excluding carboxylic acids is 1. The fourth-order valence-corrected chi connectivity index (χ4v) is 4.44. The van der Waals surface area contributed by atoms with Crippen LogP contribution in [-0.2, 0) is 16.6 Å². The Bertz CT molecular complexity index is 1130. The van der Waals surface area contributed by atoms with E-state index in [1.165, 1.54) is 28.6 Å². The van der Waals surface area contributed by atoms with Crippen LogP contribution in [0.4, 0.5) is 10.1 Å². The van der Waals surface area contributed by atoms with Gasteiger partial charge in [0.1, 0.15) is 5.82 Å². The van der Waals surface area contributed by atoms with Gasteiger partial charge in [-0.1, -0.05) is 42.5 Å². The maximum atomic E-state index is 13.7. The molecule has 5 nitrogen and oxygen atoms in total. The van der Waals surface area contributed by atoms with Crippen molar-refractivity contribution < 1.29 is 17.6 Å². The molecule has 0 unspecified atom stereocenters. The van der Waals surface area contributed by atoms with Crippen molar-refractivity contribution in [1.29, 1.82) is 0 Å². The third-order valence-corrected chi connectivity index (χ3v) is 6.14. The molecule has 0 heterocycles. The average Bonchev–Trinajstić information content (AvgIpc) is 2.72. The Morgan fingerprint density at radius 1 is 0.967 bits per heavy atom. The summed E-state index contributed by atoms with van der Waals surface area (Å²) >= 11 is 0. The van der Waals surface area contributed by atoms with Gasteiger partial charge < -0.3 is 5.32 Å². The molecule has 0 aliphatic heterocycles. The second kappa shape index (κ2) is 9.09. The van der Waals surface area contributed by atoms with Gasteiger partial charge in [0, 0.05) is 11.6 Å². The van der Waals surface area contributed by atoms with Crippen LogP contribution in [0.25, 0.3) is 0 Å². The highest BCUT2D eigenvalue weighted by molar-refractivity contribution is 7.92. The number of rotatable bonds is 7. The molecular formula is C23H23FN2O3S. The number of hydrogen-bond donors (Lipinski definition) is 1. The minimum absolute atomic E-state index is 0.0366. The molecule has 1 amide bonds. The van der Waals surface area contributed by atoms with Crippen molar-refractivity contribution in [3.8, 4) is 0 Å². The summed E-state index contributed by atoms with van der Waals surface area (Å²) < 4.78 is 41.7. The number of amides is 1. The fraction of sp³-hybridized carbons (Fsp3) is 0.174. The summed E-state index contributed by atoms with van der Waals surface area (Å²) in [5.74, 6) is -0.935. The number of anilines is 1. The summed E-state index contributed by atoms with van der Waals surface area (Å²) in [6, 6.07) is 20.3. The molecule has 156 valence electrons. The molecule has 3 aromatic carbocycles. The Labute approximate surface area is 176 Å². The molecule has 1 N–H and O–H groups in total. The number of nitrogens with zero attached hydrogens (tertiary/aromatic N) is 1. The van der Waals surface area contributed by atoms with Gasteiger partial charge in [0.15, 0.2) is 0 Å². The predicted octanol–water partition coefficient (Wildman–Crippen LogP) is 4.36. The van der Waals surface area contributed by atoms with Gasteiger partial charge in [-0.2, -0.15) is 0 Å². The van der Waals surface area contributed by atoms with Crippen LogP contribution in [-0.4, -0.2) is 20.4 Å². The predicted molar refractivity (Wildman–Crippen MR) is 115 cm³/mol. The maximum Gasteiger partial charge on any atom is 0.264 e. The van der Waals surface area contributed by atoms with Crippen molar-refractivity contribution in [3.05, 3.63) is 95.8 Å². The highest BCUT2D eigenvalue weighted by Gasteiger charge is 2.26. The number of nitrogens with one attached hydrogen (secondary N) is 1. The summed E-state index contributed by atoms with van der Waals surface area (Å²) in [7, 11) is -4.08. The van der Waals surface area contributed by atoms with Gasteiger partial charge in [0.2, 0.25) is 0 Å². The monoisotopic (exact) mass is 426 g/mol. The smallest absolute Gasteiger partial charge is 0.264 e. The van der Waals surface area contributed by atoms with Gasteiger partial charge in [-0.05, 0) is 55.8 Å². The van der Waals surface area contributed by atoms with Gasteiger partial charge in [0.25, 0.3) is 15.9 Å². The second-order valence-corrected chi connectivity index (χ2v) is 9.00. The van der Waals surface area contributed by atoms with Crippen molar-refractivity contribution in [2.75, 3.05) is 4.31 Å². The zero-order chi connectivity index (χ0) is 21.7. The van der Waals surface area contributed by atoms with Crippen LogP contribution in [0.15, 0.2) is 83.8 Å². The van der Waals surface area contributed by atoms with E-state index in [1.807, 2.05) is 44.2 Å². The van der Waals surface area contributed by atoms with E-state index in [9.17, 15) is 17.6 Å². The molecule has 0 saturated carbocycles. The lowest BCUT2D eigenvalue weighted by molar-refractivity contribution is 0.0943. The lowest BCUT2D eigenvalue weighted by Crippen LogP contribution is -2.32. The van der Waals surface area contributed by atoms with E-state index in [-0.39, 0.29) is 23.4 Å². The lowest BCUT2D eigenvalue weighted by Gasteiger charge is -2.25. The first kappa shape index (κ1) is 21.5. The van der Waals surface area contributed by atoms with E-state index in [0.717, 1.165) is 11.6 Å². The minimum Gasteiger partial charge on any atom is -0.350 e. The molecule has 0 aromatic heterocycles. The largest absolute Gasteiger partial charge is 0.350 e. The van der Waals surface area contributed by atoms with Crippen LogP contribution in [0.1, 0.15) is 29.8 Å². The van der Waals surface area contributed by atoms with Gasteiger partial charge in [-0.15, -0.1) is 0 Å². The number of sulfonamides is 1. The van der Waals surface area contributed by atoms with Crippen LogP contribution in [0.2, 0.25) is 0 Å². The first-order chi connectivity index (χ1) is 14.3. The molecule has 0 radical (unpaired) electrons. The Hall–Kier alpha value is -3.19. The molecule has 0 saturated heterocycles. The zero-order valence-corrected chi connectivity index (χ0v) is 17.6. The SMILES string of the molecule is CC(C)NC(=O)c1cccc(N(Cc2ccccc2)S(=O)(=O)c2cccc(F)c2)c1. The Balaban J connectivity index is 2.07. The highest BCUT2D eigenvalue weighted by Crippen LogP contribution is 2.27. The summed E-state index contributed by atoms with van der Waals surface area (Å²) in [5.41, 5.74) is 1.42. The van der Waals surface area contributed by atoms with Gasteiger partial charge >= 0.3 is 0 Å². The molecule has 0 bridgehead atoms. The number of hydrogen-bond acceptors (Lipinski definition) is 3. The third-order valence-electron chi connectivity index (χ3n) is 4.37. The molecule has 0 aliphatic carbocycles. The van der Waals surface area contributed by atoms with Crippen molar-refractivity contribution in [2.45, 2.75) is 31.3 Å². The number of carbonyl (C=O) groups is 1. The van der Waals surface area contributed by atoms with E-state index >= 15 is 0 Å². The Morgan fingerprint density at radius 2 is 1.67 bits per heavy atom. The Morgan fingerprint density at radius 3 is 2.33 bits per heavy atom. The van der Waals surface area contributed by atoms with Crippen molar-refractivity contribution in [1.82, 2.24) is 5.32 Å². The van der Waals surface area contributed by atoms with Crippen molar-refractivity contribution >= 4 is 21.6 Å². The van der Waals surface area contributed by atoms with Crippen LogP contribution in [0.3, 0.4) is 0 Å². The van der Waals surface area contributed by atoms with Crippen molar-refractivity contribution in [3.63, 3.8) is 0 Å². The molecule has 0 aliphatic rings. The normalized spacial score (nSPS) is 11.3. The summed E-state index contributed by atoms with van der Waals surface area (Å²) in [4.78, 5) is 12.3. The average molecular weight is 427 g/mol. The molecule has 0 fully saturated rings. The standard InChI is InChI=1S/C23H23FN2O3S/c1-17(2)25-23(27)19-10-6-12-21(14-19)26(16-18-8-4-3-5-9-18)30(28,29)22-13-7-11-20(24)15-22/h3-15,17H,16H2,1-2H3,(H,25,27). The first-order valence-corrected chi connectivity index (χ1v) is 10.9. The molecular weight excluding hydrogens is 403 g/mol.